The van der Waals surface area contributed by atoms with Gasteiger partial charge in [0.05, 0.1) is 5.69 Å². The third kappa shape index (κ3) is 1.57. The molecule has 0 fully saturated rings. The summed E-state index contributed by atoms with van der Waals surface area (Å²) in [5.74, 6) is 0. The van der Waals surface area contributed by atoms with Gasteiger partial charge in [0.25, 0.3) is 0 Å². The predicted molar refractivity (Wildman–Crippen MR) is 47.9 cm³/mol. The van der Waals surface area contributed by atoms with Gasteiger partial charge in [-0.15, -0.1) is 0 Å². The van der Waals surface area contributed by atoms with E-state index in [0.29, 0.717) is 6.54 Å². The number of nitrogens with one attached hydrogen (secondary N) is 1. The molecule has 1 aliphatic rings. The molecule has 0 saturated heterocycles. The maximum absolute atomic E-state index is 11.1. The molecule has 0 saturated carbocycles. The van der Waals surface area contributed by atoms with E-state index < -0.39 is 9.84 Å². The van der Waals surface area contributed by atoms with Crippen LogP contribution < -0.4 is 5.32 Å². The highest BCUT2D eigenvalue weighted by atomic mass is 32.2. The van der Waals surface area contributed by atoms with Crippen molar-refractivity contribution in [3.63, 3.8) is 0 Å². The maximum Gasteiger partial charge on any atom is 0.192 e. The zero-order valence-corrected chi connectivity index (χ0v) is 8.06. The molecule has 1 aliphatic heterocycles. The van der Waals surface area contributed by atoms with Crippen molar-refractivity contribution in [3.05, 3.63) is 23.4 Å². The van der Waals surface area contributed by atoms with Crippen molar-refractivity contribution in [1.82, 2.24) is 10.3 Å². The van der Waals surface area contributed by atoms with Crippen molar-refractivity contribution in [2.24, 2.45) is 0 Å². The summed E-state index contributed by atoms with van der Waals surface area (Å²) >= 11 is 0. The molecule has 0 amide bonds. The number of pyridine rings is 1. The summed E-state index contributed by atoms with van der Waals surface area (Å²) in [6.07, 6.45) is 1.17. The molecule has 0 atom stereocenters. The summed E-state index contributed by atoms with van der Waals surface area (Å²) < 4.78 is 22.3. The van der Waals surface area contributed by atoms with E-state index in [1.807, 2.05) is 6.07 Å². The Kier molecular flexibility index (Phi) is 1.85. The highest BCUT2D eigenvalue weighted by Crippen LogP contribution is 2.15. The van der Waals surface area contributed by atoms with Gasteiger partial charge in [0.1, 0.15) is 0 Å². The zero-order valence-electron chi connectivity index (χ0n) is 7.24. The summed E-state index contributed by atoms with van der Waals surface area (Å²) in [5.41, 5.74) is 1.94. The van der Waals surface area contributed by atoms with Gasteiger partial charge in [0.2, 0.25) is 0 Å². The van der Waals surface area contributed by atoms with Gasteiger partial charge in [-0.1, -0.05) is 6.07 Å². The van der Waals surface area contributed by atoms with Gasteiger partial charge in [-0.3, -0.25) is 0 Å². The average Bonchev–Trinajstić information content (AvgIpc) is 2.47. The van der Waals surface area contributed by atoms with Crippen LogP contribution in [0.5, 0.6) is 0 Å². The summed E-state index contributed by atoms with van der Waals surface area (Å²) in [7, 11) is -3.16. The highest BCUT2D eigenvalue weighted by Gasteiger charge is 2.15. The van der Waals surface area contributed by atoms with Crippen LogP contribution in [-0.4, -0.2) is 19.7 Å². The van der Waals surface area contributed by atoms with Crippen LogP contribution in [0.25, 0.3) is 0 Å². The predicted octanol–water partition coefficient (Wildman–Crippen LogP) is 0.0883. The van der Waals surface area contributed by atoms with Gasteiger partial charge in [-0.25, -0.2) is 13.4 Å². The van der Waals surface area contributed by atoms with Crippen LogP contribution in [0.3, 0.4) is 0 Å². The number of aromatic nitrogens is 1. The van der Waals surface area contributed by atoms with E-state index in [9.17, 15) is 8.42 Å². The van der Waals surface area contributed by atoms with Crippen molar-refractivity contribution < 1.29 is 8.42 Å². The Balaban J connectivity index is 2.54. The van der Waals surface area contributed by atoms with Gasteiger partial charge in [-0.2, -0.15) is 0 Å². The summed E-state index contributed by atoms with van der Waals surface area (Å²) in [6.45, 7) is 1.45. The van der Waals surface area contributed by atoms with Crippen molar-refractivity contribution in [3.8, 4) is 0 Å². The Morgan fingerprint density at radius 1 is 1.38 bits per heavy atom. The van der Waals surface area contributed by atoms with Crippen LogP contribution in [0.1, 0.15) is 11.3 Å². The fourth-order valence-electron chi connectivity index (χ4n) is 1.35. The second-order valence-electron chi connectivity index (χ2n) is 3.13. The molecule has 13 heavy (non-hydrogen) atoms. The minimum atomic E-state index is -3.16. The van der Waals surface area contributed by atoms with Gasteiger partial charge in [-0.05, 0) is 11.6 Å². The molecular weight excluding hydrogens is 188 g/mol. The average molecular weight is 198 g/mol. The van der Waals surface area contributed by atoms with Crippen LogP contribution in [0.4, 0.5) is 0 Å². The lowest BCUT2D eigenvalue weighted by atomic mass is 10.2. The number of nitrogens with zero attached hydrogens (tertiary/aromatic N) is 1. The monoisotopic (exact) mass is 198 g/mol. The second-order valence-corrected chi connectivity index (χ2v) is 5.09. The first-order valence-corrected chi connectivity index (χ1v) is 5.86. The maximum atomic E-state index is 11.1. The van der Waals surface area contributed by atoms with E-state index in [2.05, 4.69) is 10.3 Å². The molecule has 2 heterocycles. The minimum absolute atomic E-state index is 0.162. The van der Waals surface area contributed by atoms with Crippen LogP contribution in [0.2, 0.25) is 0 Å². The molecule has 0 radical (unpaired) electrons. The topological polar surface area (TPSA) is 59.1 Å². The van der Waals surface area contributed by atoms with Crippen LogP contribution >= 0.6 is 0 Å². The molecule has 0 aliphatic carbocycles. The van der Waals surface area contributed by atoms with E-state index >= 15 is 0 Å². The third-order valence-electron chi connectivity index (χ3n) is 2.03. The molecule has 1 N–H and O–H groups in total. The zero-order chi connectivity index (χ0) is 9.47. The molecule has 0 unspecified atom stereocenters. The first-order chi connectivity index (χ1) is 6.07. The number of fused-ring (bicyclic) bond motifs is 1. The van der Waals surface area contributed by atoms with E-state index in [-0.39, 0.29) is 5.03 Å². The quantitative estimate of drug-likeness (QED) is 0.694. The molecule has 2 rings (SSSR count). The third-order valence-corrected chi connectivity index (χ3v) is 3.02. The molecule has 5 heteroatoms. The van der Waals surface area contributed by atoms with Crippen molar-refractivity contribution in [2.45, 2.75) is 18.1 Å². The highest BCUT2D eigenvalue weighted by molar-refractivity contribution is 7.90. The Morgan fingerprint density at radius 2 is 2.15 bits per heavy atom. The SMILES string of the molecule is CS(=O)(=O)c1ccc2c(n1)CNC2. The van der Waals surface area contributed by atoms with Gasteiger partial charge < -0.3 is 5.32 Å². The Labute approximate surface area is 76.9 Å². The van der Waals surface area contributed by atoms with Crippen molar-refractivity contribution in [2.75, 3.05) is 6.26 Å². The second kappa shape index (κ2) is 2.78. The minimum Gasteiger partial charge on any atom is -0.307 e. The Hall–Kier alpha value is -0.940. The molecule has 0 aromatic carbocycles. The number of sulfone groups is 1. The van der Waals surface area contributed by atoms with E-state index in [4.69, 9.17) is 0 Å². The Morgan fingerprint density at radius 3 is 2.85 bits per heavy atom. The molecule has 1 aromatic heterocycles. The first-order valence-electron chi connectivity index (χ1n) is 3.97. The lowest BCUT2D eigenvalue weighted by Gasteiger charge is -2.00. The summed E-state index contributed by atoms with van der Waals surface area (Å²) in [6, 6.07) is 3.37. The lowest BCUT2D eigenvalue weighted by Crippen LogP contribution is -2.03. The molecule has 70 valence electrons. The molecule has 4 nitrogen and oxygen atoms in total. The fraction of sp³-hybridized carbons (Fsp3) is 0.375. The summed E-state index contributed by atoms with van der Waals surface area (Å²) in [4.78, 5) is 4.07. The Bertz CT molecular complexity index is 439. The standard InChI is InChI=1S/C8H10N2O2S/c1-13(11,12)8-3-2-6-4-9-5-7(6)10-8/h2-3,9H,4-5H2,1H3. The van der Waals surface area contributed by atoms with E-state index in [0.717, 1.165) is 17.8 Å². The van der Waals surface area contributed by atoms with Gasteiger partial charge >= 0.3 is 0 Å². The summed E-state index contributed by atoms with van der Waals surface area (Å²) in [5, 5.41) is 3.27. The first kappa shape index (κ1) is 8.65. The van der Waals surface area contributed by atoms with Crippen molar-refractivity contribution in [1.29, 1.82) is 0 Å². The molecule has 0 bridgehead atoms. The van der Waals surface area contributed by atoms with Crippen LogP contribution in [0, 0.1) is 0 Å². The van der Waals surface area contributed by atoms with Crippen LogP contribution in [-0.2, 0) is 22.9 Å². The van der Waals surface area contributed by atoms with Gasteiger partial charge in [0, 0.05) is 19.3 Å². The molecule has 1 aromatic rings. The largest absolute Gasteiger partial charge is 0.307 e. The lowest BCUT2D eigenvalue weighted by molar-refractivity contribution is 0.597. The number of hydrogen-bond acceptors (Lipinski definition) is 4. The van der Waals surface area contributed by atoms with E-state index in [1.165, 1.54) is 6.26 Å². The van der Waals surface area contributed by atoms with Crippen molar-refractivity contribution >= 4 is 9.84 Å². The smallest absolute Gasteiger partial charge is 0.192 e. The van der Waals surface area contributed by atoms with Crippen LogP contribution in [0.15, 0.2) is 17.2 Å². The molecule has 0 spiro atoms. The fourth-order valence-corrected chi connectivity index (χ4v) is 1.94. The normalized spacial score (nSPS) is 15.8. The number of rotatable bonds is 1. The molecular formula is C8H10N2O2S. The van der Waals surface area contributed by atoms with Gasteiger partial charge in [0.15, 0.2) is 14.9 Å². The number of hydrogen-bond donors (Lipinski definition) is 1. The van der Waals surface area contributed by atoms with E-state index in [1.54, 1.807) is 6.07 Å².